The van der Waals surface area contributed by atoms with E-state index in [2.05, 4.69) is 21.2 Å². The van der Waals surface area contributed by atoms with Crippen LogP contribution in [0, 0.1) is 12.7 Å². The number of hydrogen-bond donors (Lipinski definition) is 1. The summed E-state index contributed by atoms with van der Waals surface area (Å²) in [5.74, 6) is 0.552. The van der Waals surface area contributed by atoms with E-state index in [1.54, 1.807) is 12.1 Å². The fourth-order valence-electron chi connectivity index (χ4n) is 1.84. The number of aryl methyl sites for hydroxylation is 1. The van der Waals surface area contributed by atoms with Crippen molar-refractivity contribution in [2.75, 3.05) is 6.54 Å². The Hall–Kier alpha value is -1.39. The van der Waals surface area contributed by atoms with Gasteiger partial charge in [-0.15, -0.1) is 0 Å². The van der Waals surface area contributed by atoms with Gasteiger partial charge >= 0.3 is 0 Å². The van der Waals surface area contributed by atoms with Crippen LogP contribution in [0.2, 0.25) is 0 Å². The van der Waals surface area contributed by atoms with Crippen LogP contribution >= 0.6 is 15.9 Å². The zero-order valence-electron chi connectivity index (χ0n) is 11.5. The number of rotatable bonds is 5. The largest absolute Gasteiger partial charge is 0.454 e. The Morgan fingerprint density at radius 3 is 2.70 bits per heavy atom. The Kier molecular flexibility index (Phi) is 5.15. The third kappa shape index (κ3) is 3.81. The molecular formula is C16H17BrFNO. The first kappa shape index (κ1) is 15.0. The van der Waals surface area contributed by atoms with E-state index in [0.717, 1.165) is 22.1 Å². The Morgan fingerprint density at radius 2 is 1.95 bits per heavy atom. The molecule has 0 atom stereocenters. The van der Waals surface area contributed by atoms with Crippen molar-refractivity contribution < 1.29 is 9.13 Å². The van der Waals surface area contributed by atoms with Crippen LogP contribution in [-0.4, -0.2) is 6.54 Å². The van der Waals surface area contributed by atoms with Crippen LogP contribution in [0.5, 0.6) is 11.5 Å². The predicted molar refractivity (Wildman–Crippen MR) is 82.7 cm³/mol. The molecule has 2 aromatic carbocycles. The Bertz CT molecular complexity index is 601. The first-order chi connectivity index (χ1) is 9.60. The highest BCUT2D eigenvalue weighted by Gasteiger charge is 2.09. The number of hydrogen-bond acceptors (Lipinski definition) is 2. The molecule has 0 saturated heterocycles. The second kappa shape index (κ2) is 6.86. The van der Waals surface area contributed by atoms with Gasteiger partial charge in [0.25, 0.3) is 0 Å². The maximum Gasteiger partial charge on any atom is 0.165 e. The van der Waals surface area contributed by atoms with Gasteiger partial charge in [0.1, 0.15) is 5.75 Å². The predicted octanol–water partition coefficient (Wildman–Crippen LogP) is 4.80. The van der Waals surface area contributed by atoms with E-state index in [9.17, 15) is 4.39 Å². The van der Waals surface area contributed by atoms with Crippen molar-refractivity contribution in [3.8, 4) is 11.5 Å². The molecule has 0 aliphatic carbocycles. The van der Waals surface area contributed by atoms with Gasteiger partial charge in [0.05, 0.1) is 0 Å². The van der Waals surface area contributed by atoms with Gasteiger partial charge in [-0.3, -0.25) is 0 Å². The third-order valence-electron chi connectivity index (χ3n) is 2.90. The van der Waals surface area contributed by atoms with Crippen LogP contribution in [-0.2, 0) is 6.54 Å². The van der Waals surface area contributed by atoms with Crippen LogP contribution in [0.3, 0.4) is 0 Å². The van der Waals surface area contributed by atoms with Gasteiger partial charge in [0.15, 0.2) is 11.6 Å². The molecular weight excluding hydrogens is 321 g/mol. The van der Waals surface area contributed by atoms with Crippen LogP contribution in [0.25, 0.3) is 0 Å². The average Bonchev–Trinajstić information content (AvgIpc) is 2.42. The van der Waals surface area contributed by atoms with E-state index in [1.165, 1.54) is 6.07 Å². The van der Waals surface area contributed by atoms with Gasteiger partial charge in [-0.2, -0.15) is 0 Å². The topological polar surface area (TPSA) is 21.3 Å². The van der Waals surface area contributed by atoms with E-state index in [1.807, 2.05) is 32.0 Å². The summed E-state index contributed by atoms with van der Waals surface area (Å²) in [6.07, 6.45) is 0. The first-order valence-corrected chi connectivity index (χ1v) is 7.32. The Labute approximate surface area is 127 Å². The van der Waals surface area contributed by atoms with Crippen molar-refractivity contribution in [2.45, 2.75) is 20.4 Å². The SMILES string of the molecule is CCNCc1ccc(Br)cc1Oc1cc(C)ccc1F. The fraction of sp³-hybridized carbons (Fsp3) is 0.250. The summed E-state index contributed by atoms with van der Waals surface area (Å²) in [5.41, 5.74) is 1.96. The summed E-state index contributed by atoms with van der Waals surface area (Å²) in [6, 6.07) is 10.6. The summed E-state index contributed by atoms with van der Waals surface area (Å²) in [7, 11) is 0. The van der Waals surface area contributed by atoms with Crippen molar-refractivity contribution in [2.24, 2.45) is 0 Å². The number of nitrogens with one attached hydrogen (secondary N) is 1. The zero-order chi connectivity index (χ0) is 14.5. The number of benzene rings is 2. The maximum atomic E-state index is 13.8. The Morgan fingerprint density at radius 1 is 1.15 bits per heavy atom. The van der Waals surface area contributed by atoms with Gasteiger partial charge in [-0.05, 0) is 43.3 Å². The zero-order valence-corrected chi connectivity index (χ0v) is 13.1. The molecule has 2 aromatic rings. The van der Waals surface area contributed by atoms with Crippen LogP contribution in [0.15, 0.2) is 40.9 Å². The minimum atomic E-state index is -0.357. The van der Waals surface area contributed by atoms with Gasteiger partial charge in [0, 0.05) is 16.6 Å². The molecule has 0 aliphatic rings. The molecule has 0 fully saturated rings. The van der Waals surface area contributed by atoms with E-state index in [0.29, 0.717) is 12.3 Å². The molecule has 2 rings (SSSR count). The van der Waals surface area contributed by atoms with Crippen LogP contribution < -0.4 is 10.1 Å². The monoisotopic (exact) mass is 337 g/mol. The third-order valence-corrected chi connectivity index (χ3v) is 3.39. The summed E-state index contributed by atoms with van der Waals surface area (Å²) >= 11 is 3.42. The lowest BCUT2D eigenvalue weighted by molar-refractivity contribution is 0.435. The van der Waals surface area contributed by atoms with Crippen molar-refractivity contribution in [3.05, 3.63) is 57.8 Å². The normalized spacial score (nSPS) is 10.6. The maximum absolute atomic E-state index is 13.8. The minimum Gasteiger partial charge on any atom is -0.454 e. The first-order valence-electron chi connectivity index (χ1n) is 6.53. The molecule has 0 radical (unpaired) electrons. The highest BCUT2D eigenvalue weighted by molar-refractivity contribution is 9.10. The molecule has 1 N–H and O–H groups in total. The van der Waals surface area contributed by atoms with Crippen LogP contribution in [0.4, 0.5) is 4.39 Å². The van der Waals surface area contributed by atoms with Crippen molar-refractivity contribution in [3.63, 3.8) is 0 Å². The van der Waals surface area contributed by atoms with E-state index in [-0.39, 0.29) is 11.6 Å². The molecule has 0 bridgehead atoms. The highest BCUT2D eigenvalue weighted by Crippen LogP contribution is 2.30. The lowest BCUT2D eigenvalue weighted by atomic mass is 10.2. The van der Waals surface area contributed by atoms with Gasteiger partial charge < -0.3 is 10.1 Å². The quantitative estimate of drug-likeness (QED) is 0.846. The van der Waals surface area contributed by atoms with Gasteiger partial charge in [-0.1, -0.05) is 35.0 Å². The molecule has 106 valence electrons. The standard InChI is InChI=1S/C16H17BrFNO/c1-3-19-10-12-5-6-13(17)9-15(12)20-16-8-11(2)4-7-14(16)18/h4-9,19H,3,10H2,1-2H3. The second-order valence-electron chi connectivity index (χ2n) is 4.57. The van der Waals surface area contributed by atoms with E-state index in [4.69, 9.17) is 4.74 Å². The Balaban J connectivity index is 2.31. The van der Waals surface area contributed by atoms with Crippen LogP contribution in [0.1, 0.15) is 18.1 Å². The number of ether oxygens (including phenoxy) is 1. The second-order valence-corrected chi connectivity index (χ2v) is 5.48. The lowest BCUT2D eigenvalue weighted by Crippen LogP contribution is -2.12. The van der Waals surface area contributed by atoms with E-state index < -0.39 is 0 Å². The average molecular weight is 338 g/mol. The lowest BCUT2D eigenvalue weighted by Gasteiger charge is -2.13. The molecule has 0 unspecified atom stereocenters. The molecule has 4 heteroatoms. The van der Waals surface area contributed by atoms with Crippen molar-refractivity contribution >= 4 is 15.9 Å². The van der Waals surface area contributed by atoms with Crippen molar-refractivity contribution in [1.82, 2.24) is 5.32 Å². The molecule has 2 nitrogen and oxygen atoms in total. The van der Waals surface area contributed by atoms with Crippen molar-refractivity contribution in [1.29, 1.82) is 0 Å². The summed E-state index contributed by atoms with van der Waals surface area (Å²) in [5, 5.41) is 3.25. The molecule has 20 heavy (non-hydrogen) atoms. The van der Waals surface area contributed by atoms with Gasteiger partial charge in [-0.25, -0.2) is 4.39 Å². The summed E-state index contributed by atoms with van der Waals surface area (Å²) in [4.78, 5) is 0. The molecule has 0 aromatic heterocycles. The smallest absolute Gasteiger partial charge is 0.165 e. The molecule has 0 saturated carbocycles. The van der Waals surface area contributed by atoms with Gasteiger partial charge in [0.2, 0.25) is 0 Å². The molecule has 0 heterocycles. The molecule has 0 spiro atoms. The summed E-state index contributed by atoms with van der Waals surface area (Å²) < 4.78 is 20.4. The minimum absolute atomic E-state index is 0.251. The number of halogens is 2. The van der Waals surface area contributed by atoms with E-state index >= 15 is 0 Å². The highest BCUT2D eigenvalue weighted by atomic mass is 79.9. The molecule has 0 amide bonds. The molecule has 0 aliphatic heterocycles. The summed E-state index contributed by atoms with van der Waals surface area (Å²) in [6.45, 7) is 5.51. The fourth-order valence-corrected chi connectivity index (χ4v) is 2.18.